The van der Waals surface area contributed by atoms with Gasteiger partial charge in [0.15, 0.2) is 0 Å². The van der Waals surface area contributed by atoms with Crippen LogP contribution in [-0.2, 0) is 4.79 Å². The number of hydrogen-bond donors (Lipinski definition) is 3. The number of amides is 2. The number of halogens is 2. The van der Waals surface area contributed by atoms with Gasteiger partial charge >= 0.3 is 0 Å². The molecule has 5 nitrogen and oxygen atoms in total. The quantitative estimate of drug-likeness (QED) is 0.740. The minimum absolute atomic E-state index is 0.0235. The molecule has 1 aliphatic rings. The van der Waals surface area contributed by atoms with Crippen molar-refractivity contribution in [1.29, 1.82) is 0 Å². The first-order valence-electron chi connectivity index (χ1n) is 7.62. The molecule has 0 aliphatic heterocycles. The number of carbonyl (C=O) groups excluding carboxylic acids is 2. The third-order valence-corrected chi connectivity index (χ3v) is 4.27. The van der Waals surface area contributed by atoms with Crippen LogP contribution in [0, 0.1) is 5.82 Å². The van der Waals surface area contributed by atoms with E-state index in [0.717, 1.165) is 25.0 Å². The van der Waals surface area contributed by atoms with Gasteiger partial charge in [0.25, 0.3) is 5.91 Å². The van der Waals surface area contributed by atoms with Crippen molar-refractivity contribution in [3.63, 3.8) is 0 Å². The zero-order valence-electron chi connectivity index (χ0n) is 12.7. The molecule has 126 valence electrons. The maximum absolute atomic E-state index is 12.9. The van der Waals surface area contributed by atoms with Gasteiger partial charge in [0.05, 0.1) is 16.2 Å². The van der Waals surface area contributed by atoms with Gasteiger partial charge in [0.1, 0.15) is 5.82 Å². The third-order valence-electron chi connectivity index (χ3n) is 3.96. The minimum atomic E-state index is -0.791. The number of nitrogens with one attached hydrogen (secondary N) is 2. The summed E-state index contributed by atoms with van der Waals surface area (Å²) in [7, 11) is 0. The Morgan fingerprint density at radius 2 is 1.96 bits per heavy atom. The summed E-state index contributed by atoms with van der Waals surface area (Å²) in [6, 6.07) is 3.50. The molecule has 1 saturated carbocycles. The van der Waals surface area contributed by atoms with E-state index in [1.54, 1.807) is 0 Å². The van der Waals surface area contributed by atoms with Crippen molar-refractivity contribution in [3.05, 3.63) is 34.6 Å². The van der Waals surface area contributed by atoms with Crippen LogP contribution in [0.4, 0.5) is 4.39 Å². The first-order valence-corrected chi connectivity index (χ1v) is 8.00. The molecule has 0 spiro atoms. The van der Waals surface area contributed by atoms with E-state index >= 15 is 0 Å². The van der Waals surface area contributed by atoms with Crippen molar-refractivity contribution in [2.45, 2.75) is 37.7 Å². The lowest BCUT2D eigenvalue weighted by atomic mass is 10.0. The molecule has 1 aromatic rings. The summed E-state index contributed by atoms with van der Waals surface area (Å²) in [5, 5.41) is 15.4. The standard InChI is InChI=1S/C16H20ClFN2O3/c17-13-9-11(18)3-4-12(13)15(22)19-8-5-14(21)20-10-16(23)6-1-2-7-16/h3-4,9,23H,1-2,5-8,10H2,(H,19,22)(H,20,21). The van der Waals surface area contributed by atoms with Crippen LogP contribution in [0.25, 0.3) is 0 Å². The summed E-state index contributed by atoms with van der Waals surface area (Å²) >= 11 is 5.80. The summed E-state index contributed by atoms with van der Waals surface area (Å²) < 4.78 is 12.9. The largest absolute Gasteiger partial charge is 0.388 e. The fourth-order valence-corrected chi connectivity index (χ4v) is 2.87. The second-order valence-electron chi connectivity index (χ2n) is 5.84. The van der Waals surface area contributed by atoms with Crippen molar-refractivity contribution < 1.29 is 19.1 Å². The second kappa shape index (κ2) is 7.75. The predicted molar refractivity (Wildman–Crippen MR) is 84.8 cm³/mol. The van der Waals surface area contributed by atoms with Gasteiger partial charge < -0.3 is 15.7 Å². The summed E-state index contributed by atoms with van der Waals surface area (Å²) in [6.07, 6.45) is 3.45. The highest BCUT2D eigenvalue weighted by atomic mass is 35.5. The molecule has 1 aliphatic carbocycles. The molecule has 1 fully saturated rings. The minimum Gasteiger partial charge on any atom is -0.388 e. The molecule has 0 atom stereocenters. The highest BCUT2D eigenvalue weighted by Gasteiger charge is 2.31. The fraction of sp³-hybridized carbons (Fsp3) is 0.500. The molecule has 7 heteroatoms. The number of aliphatic hydroxyl groups is 1. The Balaban J connectivity index is 1.71. The third kappa shape index (κ3) is 5.18. The second-order valence-corrected chi connectivity index (χ2v) is 6.25. The fourth-order valence-electron chi connectivity index (χ4n) is 2.62. The molecule has 0 heterocycles. The van der Waals surface area contributed by atoms with Gasteiger partial charge in [0.2, 0.25) is 5.91 Å². The van der Waals surface area contributed by atoms with Crippen molar-refractivity contribution in [2.24, 2.45) is 0 Å². The van der Waals surface area contributed by atoms with E-state index < -0.39 is 17.3 Å². The van der Waals surface area contributed by atoms with E-state index in [1.807, 2.05) is 0 Å². The van der Waals surface area contributed by atoms with Crippen LogP contribution in [0.15, 0.2) is 18.2 Å². The summed E-state index contributed by atoms with van der Waals surface area (Å²) in [6.45, 7) is 0.375. The van der Waals surface area contributed by atoms with Crippen LogP contribution in [0.1, 0.15) is 42.5 Å². The van der Waals surface area contributed by atoms with Crippen molar-refractivity contribution in [1.82, 2.24) is 10.6 Å². The van der Waals surface area contributed by atoms with E-state index in [-0.39, 0.29) is 36.0 Å². The lowest BCUT2D eigenvalue weighted by Gasteiger charge is -2.22. The maximum Gasteiger partial charge on any atom is 0.252 e. The molecule has 0 radical (unpaired) electrons. The van der Waals surface area contributed by atoms with Crippen molar-refractivity contribution >= 4 is 23.4 Å². The maximum atomic E-state index is 12.9. The molecule has 0 bridgehead atoms. The van der Waals surface area contributed by atoms with Gasteiger partial charge in [-0.3, -0.25) is 9.59 Å². The monoisotopic (exact) mass is 342 g/mol. The molecule has 0 aromatic heterocycles. The SMILES string of the molecule is O=C(CCNC(=O)c1ccc(F)cc1Cl)NCC1(O)CCCC1. The van der Waals surface area contributed by atoms with Crippen molar-refractivity contribution in [2.75, 3.05) is 13.1 Å². The average Bonchev–Trinajstić information content (AvgIpc) is 2.92. The Bertz CT molecular complexity index is 589. The molecule has 2 rings (SSSR count). The van der Waals surface area contributed by atoms with E-state index in [2.05, 4.69) is 10.6 Å². The van der Waals surface area contributed by atoms with Crippen LogP contribution >= 0.6 is 11.6 Å². The Morgan fingerprint density at radius 3 is 2.61 bits per heavy atom. The van der Waals surface area contributed by atoms with Crippen LogP contribution in [-0.4, -0.2) is 35.6 Å². The van der Waals surface area contributed by atoms with Gasteiger partial charge in [-0.05, 0) is 31.0 Å². The number of benzene rings is 1. The zero-order valence-corrected chi connectivity index (χ0v) is 13.5. The van der Waals surface area contributed by atoms with Crippen LogP contribution < -0.4 is 10.6 Å². The number of rotatable bonds is 6. The normalized spacial score (nSPS) is 16.1. The predicted octanol–water partition coefficient (Wildman–Crippen LogP) is 2.02. The lowest BCUT2D eigenvalue weighted by Crippen LogP contribution is -2.41. The highest BCUT2D eigenvalue weighted by Crippen LogP contribution is 2.28. The van der Waals surface area contributed by atoms with E-state index in [1.165, 1.54) is 6.07 Å². The Hall–Kier alpha value is -1.66. The van der Waals surface area contributed by atoms with Crippen LogP contribution in [0.5, 0.6) is 0 Å². The number of carbonyl (C=O) groups is 2. The number of hydrogen-bond acceptors (Lipinski definition) is 3. The average molecular weight is 343 g/mol. The highest BCUT2D eigenvalue weighted by molar-refractivity contribution is 6.33. The Kier molecular flexibility index (Phi) is 5.96. The van der Waals surface area contributed by atoms with Gasteiger partial charge in [-0.1, -0.05) is 24.4 Å². The van der Waals surface area contributed by atoms with E-state index in [4.69, 9.17) is 11.6 Å². The summed E-state index contributed by atoms with van der Waals surface area (Å²) in [5.41, 5.74) is -0.630. The molecular formula is C16H20ClFN2O3. The first kappa shape index (κ1) is 17.7. The van der Waals surface area contributed by atoms with Gasteiger partial charge in [0, 0.05) is 19.5 Å². The smallest absolute Gasteiger partial charge is 0.252 e. The van der Waals surface area contributed by atoms with Gasteiger partial charge in [-0.15, -0.1) is 0 Å². The molecule has 0 saturated heterocycles. The Morgan fingerprint density at radius 1 is 1.26 bits per heavy atom. The molecule has 1 aromatic carbocycles. The molecule has 3 N–H and O–H groups in total. The van der Waals surface area contributed by atoms with E-state index in [9.17, 15) is 19.1 Å². The molecule has 0 unspecified atom stereocenters. The summed E-state index contributed by atoms with van der Waals surface area (Å²) in [4.78, 5) is 23.6. The summed E-state index contributed by atoms with van der Waals surface area (Å²) in [5.74, 6) is -1.22. The van der Waals surface area contributed by atoms with Gasteiger partial charge in [-0.2, -0.15) is 0 Å². The van der Waals surface area contributed by atoms with Crippen LogP contribution in [0.3, 0.4) is 0 Å². The molecule has 23 heavy (non-hydrogen) atoms. The Labute approximate surface area is 139 Å². The van der Waals surface area contributed by atoms with Gasteiger partial charge in [-0.25, -0.2) is 4.39 Å². The van der Waals surface area contributed by atoms with E-state index in [0.29, 0.717) is 12.8 Å². The molecular weight excluding hydrogens is 323 g/mol. The lowest BCUT2D eigenvalue weighted by molar-refractivity contribution is -0.122. The molecule has 2 amide bonds. The zero-order chi connectivity index (χ0) is 16.9. The topological polar surface area (TPSA) is 78.4 Å². The first-order chi connectivity index (χ1) is 10.9. The van der Waals surface area contributed by atoms with Crippen molar-refractivity contribution in [3.8, 4) is 0 Å². The van der Waals surface area contributed by atoms with Crippen LogP contribution in [0.2, 0.25) is 5.02 Å².